The standard InChI is InChI=1S/C37H30NO.C17H17FN.Ir/c1-23-22-38-34(19-28(23)21-37(2,3)4)30-12-8-11-29-33-18-27-16-14-25-13-15-26(24-9-6-5-7-10-24)17-31(25)32(27)20-35(33)39-36(29)30;1-16(2)13-6-5-9-19-15(13)12-8-7-11(18)10-14(12)17(16,3)4;/h5-11,13-20,22H,21H2,1-4H3;5-7,9-10H,1-4H3;/q2*-1;/i1D3,21D2;;. The largest absolute Gasteiger partial charge is 0.501 e. The molecule has 0 aliphatic heterocycles. The molecule has 3 heterocycles. The monoisotopic (exact) mass is 956 g/mol. The topological polar surface area (TPSA) is 38.9 Å². The minimum absolute atomic E-state index is 0. The molecule has 0 fully saturated rings. The molecule has 1 aliphatic rings. The van der Waals surface area contributed by atoms with Crippen LogP contribution in [0.3, 0.4) is 0 Å². The van der Waals surface area contributed by atoms with Crippen molar-refractivity contribution in [2.75, 3.05) is 0 Å². The SMILES string of the molecule is CC1(C)c2cc(F)c[c-]c2-c2ncccc2C1(C)C.[2H]C([2H])([2H])c1cnc(-c2[c-]ccc3c2oc2cc4c(ccc5ccc(-c6ccccc6)cc54)cc23)cc1C([2H])([2H])C(C)(C)C.[Ir]. The van der Waals surface area contributed by atoms with Gasteiger partial charge in [-0.2, -0.15) is 0 Å². The van der Waals surface area contributed by atoms with E-state index in [1.807, 2.05) is 30.3 Å². The summed E-state index contributed by atoms with van der Waals surface area (Å²) >= 11 is 0. The normalized spacial score (nSPS) is 15.8. The van der Waals surface area contributed by atoms with Crippen LogP contribution in [0.25, 0.3) is 77.1 Å². The Morgan fingerprint density at radius 1 is 0.729 bits per heavy atom. The maximum Gasteiger partial charge on any atom is 0.121 e. The third-order valence-corrected chi connectivity index (χ3v) is 12.0. The van der Waals surface area contributed by atoms with E-state index in [0.717, 1.165) is 65.8 Å². The third-order valence-electron chi connectivity index (χ3n) is 12.0. The van der Waals surface area contributed by atoms with Crippen LogP contribution in [-0.4, -0.2) is 9.97 Å². The zero-order chi connectivity index (χ0) is 44.9. The van der Waals surface area contributed by atoms with Gasteiger partial charge in [-0.25, -0.2) is 0 Å². The maximum absolute atomic E-state index is 13.6. The van der Waals surface area contributed by atoms with Crippen LogP contribution in [0.1, 0.15) is 77.6 Å². The Labute approximate surface area is 367 Å². The van der Waals surface area contributed by atoms with Crippen molar-refractivity contribution in [2.45, 2.75) is 72.5 Å². The van der Waals surface area contributed by atoms with Crippen LogP contribution < -0.4 is 0 Å². The van der Waals surface area contributed by atoms with Crippen molar-refractivity contribution in [3.63, 3.8) is 0 Å². The van der Waals surface area contributed by atoms with Gasteiger partial charge in [-0.1, -0.05) is 137 Å². The van der Waals surface area contributed by atoms with Crippen molar-refractivity contribution in [2.24, 2.45) is 5.41 Å². The van der Waals surface area contributed by atoms with Gasteiger partial charge in [0.25, 0.3) is 0 Å². The Hall–Kier alpha value is -5.48. The van der Waals surface area contributed by atoms with Gasteiger partial charge in [0, 0.05) is 50.6 Å². The molecule has 6 aromatic carbocycles. The first kappa shape index (κ1) is 34.4. The molecule has 1 radical (unpaired) electrons. The molecule has 0 bridgehead atoms. The van der Waals surface area contributed by atoms with Crippen LogP contribution in [0.15, 0.2) is 132 Å². The molecule has 1 aliphatic carbocycles. The number of pyridine rings is 2. The van der Waals surface area contributed by atoms with E-state index in [1.54, 1.807) is 45.2 Å². The van der Waals surface area contributed by atoms with E-state index < -0.39 is 18.6 Å². The molecule has 0 saturated carbocycles. The van der Waals surface area contributed by atoms with Gasteiger partial charge in [-0.3, -0.25) is 4.39 Å². The second kappa shape index (κ2) is 15.0. The summed E-state index contributed by atoms with van der Waals surface area (Å²) in [5.74, 6) is -0.234. The fraction of sp³-hybridized carbons (Fsp3) is 0.222. The number of aryl methyl sites for hydroxylation is 1. The van der Waals surface area contributed by atoms with Gasteiger partial charge in [-0.05, 0) is 103 Å². The predicted molar refractivity (Wildman–Crippen MR) is 239 cm³/mol. The van der Waals surface area contributed by atoms with Crippen molar-refractivity contribution >= 4 is 43.5 Å². The van der Waals surface area contributed by atoms with Crippen molar-refractivity contribution in [3.8, 4) is 33.6 Å². The Bertz CT molecular complexity index is 3260. The average molecular weight is 956 g/mol. The number of halogens is 1. The van der Waals surface area contributed by atoms with Crippen LogP contribution >= 0.6 is 0 Å². The molecule has 10 rings (SSSR count). The molecular weight excluding hydrogens is 904 g/mol. The van der Waals surface area contributed by atoms with Crippen molar-refractivity contribution < 1.29 is 35.8 Å². The molecule has 59 heavy (non-hydrogen) atoms. The molecule has 3 nitrogen and oxygen atoms in total. The van der Waals surface area contributed by atoms with E-state index in [2.05, 4.69) is 110 Å². The van der Waals surface area contributed by atoms with E-state index in [4.69, 9.17) is 11.3 Å². The molecule has 0 spiro atoms. The van der Waals surface area contributed by atoms with Gasteiger partial charge in [0.1, 0.15) is 5.58 Å². The number of furan rings is 1. The second-order valence-electron chi connectivity index (χ2n) is 17.4. The fourth-order valence-electron chi connectivity index (χ4n) is 8.33. The molecule has 0 saturated heterocycles. The Morgan fingerprint density at radius 3 is 2.25 bits per heavy atom. The molecule has 297 valence electrons. The average Bonchev–Trinajstić information content (AvgIpc) is 3.62. The van der Waals surface area contributed by atoms with Crippen molar-refractivity contribution in [1.29, 1.82) is 0 Å². The molecule has 0 amide bonds. The molecule has 9 aromatic rings. The number of aromatic nitrogens is 2. The molecule has 0 N–H and O–H groups in total. The molecule has 0 unspecified atom stereocenters. The first-order chi connectivity index (χ1) is 29.7. The smallest absolute Gasteiger partial charge is 0.121 e. The quantitative estimate of drug-likeness (QED) is 0.131. The Morgan fingerprint density at radius 2 is 1.47 bits per heavy atom. The van der Waals surface area contributed by atoms with Gasteiger partial charge in [0.15, 0.2) is 0 Å². The van der Waals surface area contributed by atoms with Crippen molar-refractivity contribution in [1.82, 2.24) is 9.97 Å². The number of benzene rings is 6. The molecule has 3 aromatic heterocycles. The van der Waals surface area contributed by atoms with Crippen LogP contribution in [0.4, 0.5) is 4.39 Å². The van der Waals surface area contributed by atoms with E-state index in [9.17, 15) is 4.39 Å². The number of hydrogen-bond donors (Lipinski definition) is 0. The summed E-state index contributed by atoms with van der Waals surface area (Å²) in [7, 11) is 0. The minimum atomic E-state index is -2.52. The molecule has 5 heteroatoms. The summed E-state index contributed by atoms with van der Waals surface area (Å²) < 4.78 is 62.2. The summed E-state index contributed by atoms with van der Waals surface area (Å²) in [4.78, 5) is 9.01. The van der Waals surface area contributed by atoms with E-state index >= 15 is 0 Å². The first-order valence-electron chi connectivity index (χ1n) is 22.2. The zero-order valence-corrected chi connectivity index (χ0v) is 36.5. The first-order valence-corrected chi connectivity index (χ1v) is 19.7. The summed E-state index contributed by atoms with van der Waals surface area (Å²) in [6.07, 6.45) is 1.13. The number of nitrogens with zero attached hydrogens (tertiary/aromatic N) is 2. The molecule has 0 atom stereocenters. The van der Waals surface area contributed by atoms with Gasteiger partial charge in [-0.15, -0.1) is 47.5 Å². The number of fused-ring (bicyclic) bond motifs is 9. The number of hydrogen-bond acceptors (Lipinski definition) is 3. The summed E-state index contributed by atoms with van der Waals surface area (Å²) in [6, 6.07) is 44.1. The van der Waals surface area contributed by atoms with Gasteiger partial charge >= 0.3 is 0 Å². The van der Waals surface area contributed by atoms with Crippen LogP contribution in [0, 0.1) is 30.2 Å². The summed E-state index contributed by atoms with van der Waals surface area (Å²) in [5.41, 5.74) is 7.49. The van der Waals surface area contributed by atoms with Gasteiger partial charge in [0.05, 0.1) is 5.58 Å². The van der Waals surface area contributed by atoms with E-state index in [0.29, 0.717) is 16.8 Å². The molecular formula is C54H47FIrN2O-2. The maximum atomic E-state index is 13.6. The minimum Gasteiger partial charge on any atom is -0.501 e. The van der Waals surface area contributed by atoms with Crippen LogP contribution in [-0.2, 0) is 37.3 Å². The predicted octanol–water partition coefficient (Wildman–Crippen LogP) is 14.6. The second-order valence-corrected chi connectivity index (χ2v) is 17.4. The van der Waals surface area contributed by atoms with Crippen LogP contribution in [0.2, 0.25) is 0 Å². The van der Waals surface area contributed by atoms with Crippen LogP contribution in [0.5, 0.6) is 0 Å². The fourth-order valence-corrected chi connectivity index (χ4v) is 8.33. The third kappa shape index (κ3) is 7.09. The zero-order valence-electron chi connectivity index (χ0n) is 39.1. The van der Waals surface area contributed by atoms with E-state index in [1.165, 1.54) is 17.8 Å². The van der Waals surface area contributed by atoms with E-state index in [-0.39, 0.29) is 47.9 Å². The van der Waals surface area contributed by atoms with Crippen molar-refractivity contribution in [3.05, 3.63) is 168 Å². The number of rotatable bonds is 3. The van der Waals surface area contributed by atoms with Gasteiger partial charge < -0.3 is 14.4 Å². The summed E-state index contributed by atoms with van der Waals surface area (Å²) in [5, 5.41) is 6.28. The van der Waals surface area contributed by atoms with Gasteiger partial charge in [0.2, 0.25) is 0 Å². The Kier molecular flexibility index (Phi) is 8.72. The summed E-state index contributed by atoms with van der Waals surface area (Å²) in [6.45, 7) is 11.5. The Balaban J connectivity index is 0.000000234.